The van der Waals surface area contributed by atoms with Crippen molar-refractivity contribution in [3.63, 3.8) is 0 Å². The SMILES string of the molecule is CC(CNOC(=O)N1c2ccccc2CC2CCCC21)C(=O)O. The van der Waals surface area contributed by atoms with Crippen LogP contribution >= 0.6 is 0 Å². The number of carbonyl (C=O) groups is 2. The number of hydrogen-bond donors (Lipinski definition) is 2. The number of nitrogens with zero attached hydrogens (tertiary/aromatic N) is 1. The number of carbonyl (C=O) groups excluding carboxylic acids is 1. The minimum absolute atomic E-state index is 0.0880. The van der Waals surface area contributed by atoms with Crippen LogP contribution in [0, 0.1) is 11.8 Å². The van der Waals surface area contributed by atoms with E-state index in [0.717, 1.165) is 31.4 Å². The van der Waals surface area contributed by atoms with Crippen molar-refractivity contribution in [2.24, 2.45) is 11.8 Å². The smallest absolute Gasteiger partial charge is 0.433 e. The van der Waals surface area contributed by atoms with E-state index in [1.807, 2.05) is 18.2 Å². The van der Waals surface area contributed by atoms with Gasteiger partial charge in [0.25, 0.3) is 0 Å². The third kappa shape index (κ3) is 3.17. The Hall–Kier alpha value is -2.08. The van der Waals surface area contributed by atoms with Crippen LogP contribution in [0.5, 0.6) is 0 Å². The van der Waals surface area contributed by atoms with Crippen LogP contribution in [0.25, 0.3) is 0 Å². The molecule has 1 aliphatic carbocycles. The van der Waals surface area contributed by atoms with Gasteiger partial charge in [-0.15, -0.1) is 0 Å². The lowest BCUT2D eigenvalue weighted by molar-refractivity contribution is -0.141. The van der Waals surface area contributed by atoms with Gasteiger partial charge in [0.15, 0.2) is 0 Å². The lowest BCUT2D eigenvalue weighted by Crippen LogP contribution is -2.48. The van der Waals surface area contributed by atoms with Gasteiger partial charge in [-0.3, -0.25) is 9.69 Å². The summed E-state index contributed by atoms with van der Waals surface area (Å²) in [5.41, 5.74) is 4.59. The van der Waals surface area contributed by atoms with Gasteiger partial charge >= 0.3 is 12.1 Å². The summed E-state index contributed by atoms with van der Waals surface area (Å²) in [6.45, 7) is 1.65. The van der Waals surface area contributed by atoms with Crippen LogP contribution < -0.4 is 10.4 Å². The molecule has 1 saturated carbocycles. The van der Waals surface area contributed by atoms with Crippen LogP contribution in [0.4, 0.5) is 10.5 Å². The second-order valence-electron chi connectivity index (χ2n) is 6.42. The predicted octanol–water partition coefficient (Wildman–Crippen LogP) is 2.58. The number of fused-ring (bicyclic) bond motifs is 2. The summed E-state index contributed by atoms with van der Waals surface area (Å²) in [6.07, 6.45) is 3.79. The van der Waals surface area contributed by atoms with Crippen LogP contribution in [0.2, 0.25) is 0 Å². The second kappa shape index (κ2) is 6.58. The highest BCUT2D eigenvalue weighted by Gasteiger charge is 2.41. The van der Waals surface area contributed by atoms with E-state index in [-0.39, 0.29) is 12.6 Å². The van der Waals surface area contributed by atoms with Gasteiger partial charge in [-0.2, -0.15) is 5.48 Å². The third-order valence-electron chi connectivity index (χ3n) is 4.85. The number of carboxylic acids is 1. The minimum atomic E-state index is -0.923. The fourth-order valence-electron chi connectivity index (χ4n) is 3.57. The number of anilines is 1. The Morgan fingerprint density at radius 1 is 1.39 bits per heavy atom. The number of amides is 1. The zero-order valence-electron chi connectivity index (χ0n) is 13.2. The summed E-state index contributed by atoms with van der Waals surface area (Å²) in [5, 5.41) is 8.86. The van der Waals surface area contributed by atoms with Gasteiger partial charge < -0.3 is 9.94 Å². The van der Waals surface area contributed by atoms with Crippen LogP contribution in [0.1, 0.15) is 31.7 Å². The maximum Gasteiger partial charge on any atom is 0.433 e. The van der Waals surface area contributed by atoms with Gasteiger partial charge in [0.05, 0.1) is 11.6 Å². The number of hydroxylamine groups is 1. The van der Waals surface area contributed by atoms with Crippen molar-refractivity contribution >= 4 is 17.7 Å². The molecule has 2 aliphatic rings. The topological polar surface area (TPSA) is 78.9 Å². The molecule has 1 aromatic carbocycles. The summed E-state index contributed by atoms with van der Waals surface area (Å²) >= 11 is 0. The van der Waals surface area contributed by atoms with E-state index < -0.39 is 18.0 Å². The third-order valence-corrected chi connectivity index (χ3v) is 4.85. The number of rotatable bonds is 4. The monoisotopic (exact) mass is 318 g/mol. The van der Waals surface area contributed by atoms with Gasteiger partial charge in [0.2, 0.25) is 0 Å². The Bertz CT molecular complexity index is 604. The molecule has 3 rings (SSSR count). The maximum atomic E-state index is 12.5. The number of aliphatic carboxylic acids is 1. The van der Waals surface area contributed by atoms with Crippen LogP contribution in [0.15, 0.2) is 24.3 Å². The molecule has 3 unspecified atom stereocenters. The first-order valence-electron chi connectivity index (χ1n) is 8.11. The molecule has 1 amide bonds. The predicted molar refractivity (Wildman–Crippen MR) is 85.0 cm³/mol. The molecule has 0 radical (unpaired) electrons. The van der Waals surface area contributed by atoms with E-state index in [1.54, 1.807) is 11.8 Å². The number of hydrogen-bond acceptors (Lipinski definition) is 4. The molecule has 124 valence electrons. The van der Waals surface area contributed by atoms with Crippen molar-refractivity contribution in [1.82, 2.24) is 5.48 Å². The van der Waals surface area contributed by atoms with Crippen molar-refractivity contribution < 1.29 is 19.5 Å². The van der Waals surface area contributed by atoms with Crippen LogP contribution in [-0.2, 0) is 16.1 Å². The lowest BCUT2D eigenvalue weighted by atomic mass is 9.88. The normalized spacial score (nSPS) is 23.8. The number of benzene rings is 1. The summed E-state index contributed by atoms with van der Waals surface area (Å²) in [4.78, 5) is 30.2. The van der Waals surface area contributed by atoms with E-state index in [9.17, 15) is 9.59 Å². The molecule has 0 bridgehead atoms. The Morgan fingerprint density at radius 2 is 2.17 bits per heavy atom. The van der Waals surface area contributed by atoms with E-state index in [4.69, 9.17) is 9.94 Å². The minimum Gasteiger partial charge on any atom is -0.481 e. The molecule has 3 atom stereocenters. The highest BCUT2D eigenvalue weighted by Crippen LogP contribution is 2.41. The molecule has 1 aromatic rings. The molecule has 23 heavy (non-hydrogen) atoms. The van der Waals surface area contributed by atoms with Crippen LogP contribution in [0.3, 0.4) is 0 Å². The molecular weight excluding hydrogens is 296 g/mol. The standard InChI is InChI=1S/C17H22N2O4/c1-11(16(20)21)10-18-23-17(22)19-14-7-3-2-5-12(14)9-13-6-4-8-15(13)19/h2-3,5,7,11,13,15,18H,4,6,8-10H2,1H3,(H,20,21). The van der Waals surface area contributed by atoms with Gasteiger partial charge in [-0.05, 0) is 36.8 Å². The van der Waals surface area contributed by atoms with E-state index in [2.05, 4.69) is 11.5 Å². The fraction of sp³-hybridized carbons (Fsp3) is 0.529. The Morgan fingerprint density at radius 3 is 2.96 bits per heavy atom. The highest BCUT2D eigenvalue weighted by molar-refractivity contribution is 5.90. The average molecular weight is 318 g/mol. The van der Waals surface area contributed by atoms with Gasteiger partial charge in [-0.1, -0.05) is 31.5 Å². The van der Waals surface area contributed by atoms with Crippen molar-refractivity contribution in [2.75, 3.05) is 11.4 Å². The molecule has 6 heteroatoms. The van der Waals surface area contributed by atoms with Gasteiger partial charge in [0, 0.05) is 12.6 Å². The first-order valence-corrected chi connectivity index (χ1v) is 8.11. The second-order valence-corrected chi connectivity index (χ2v) is 6.42. The molecule has 0 aromatic heterocycles. The first kappa shape index (κ1) is 15.8. The number of nitrogens with one attached hydrogen (secondary N) is 1. The van der Waals surface area contributed by atoms with Crippen molar-refractivity contribution in [3.05, 3.63) is 29.8 Å². The fourth-order valence-corrected chi connectivity index (χ4v) is 3.57. The summed E-state index contributed by atoms with van der Waals surface area (Å²) in [7, 11) is 0. The Kier molecular flexibility index (Phi) is 4.52. The molecule has 6 nitrogen and oxygen atoms in total. The van der Waals surface area contributed by atoms with Crippen molar-refractivity contribution in [2.45, 2.75) is 38.6 Å². The molecule has 1 heterocycles. The molecule has 0 saturated heterocycles. The zero-order valence-corrected chi connectivity index (χ0v) is 13.2. The summed E-state index contributed by atoms with van der Waals surface area (Å²) < 4.78 is 0. The Balaban J connectivity index is 1.71. The van der Waals surface area contributed by atoms with E-state index in [1.165, 1.54) is 5.56 Å². The zero-order chi connectivity index (χ0) is 16.4. The molecule has 1 fully saturated rings. The highest BCUT2D eigenvalue weighted by atomic mass is 16.7. The van der Waals surface area contributed by atoms with Gasteiger partial charge in [0.1, 0.15) is 0 Å². The van der Waals surface area contributed by atoms with Crippen molar-refractivity contribution in [1.29, 1.82) is 0 Å². The summed E-state index contributed by atoms with van der Waals surface area (Å²) in [5.74, 6) is -1.06. The molecular formula is C17H22N2O4. The van der Waals surface area contributed by atoms with Crippen molar-refractivity contribution in [3.8, 4) is 0 Å². The maximum absolute atomic E-state index is 12.5. The first-order chi connectivity index (χ1) is 11.1. The van der Waals surface area contributed by atoms with Gasteiger partial charge in [-0.25, -0.2) is 4.79 Å². The quantitative estimate of drug-likeness (QED) is 0.834. The van der Waals surface area contributed by atoms with E-state index in [0.29, 0.717) is 5.92 Å². The number of carboxylic acid groups (broad SMARTS) is 1. The largest absolute Gasteiger partial charge is 0.481 e. The van der Waals surface area contributed by atoms with Crippen LogP contribution in [-0.4, -0.2) is 29.8 Å². The average Bonchev–Trinajstić information content (AvgIpc) is 2.99. The lowest BCUT2D eigenvalue weighted by Gasteiger charge is -2.38. The molecule has 1 aliphatic heterocycles. The number of para-hydroxylation sites is 1. The summed E-state index contributed by atoms with van der Waals surface area (Å²) in [6, 6.07) is 8.10. The Labute approximate surface area is 135 Å². The van der Waals surface area contributed by atoms with E-state index >= 15 is 0 Å². The molecule has 0 spiro atoms. The molecule has 2 N–H and O–H groups in total.